The molecule has 1 saturated heterocycles. The van der Waals surface area contributed by atoms with E-state index in [2.05, 4.69) is 10.0 Å². The van der Waals surface area contributed by atoms with Gasteiger partial charge in [-0.3, -0.25) is 4.79 Å². The highest BCUT2D eigenvalue weighted by Gasteiger charge is 2.29. The van der Waals surface area contributed by atoms with Gasteiger partial charge in [-0.2, -0.15) is 4.72 Å². The number of amides is 2. The summed E-state index contributed by atoms with van der Waals surface area (Å²) in [6.07, 6.45) is 0. The Bertz CT molecular complexity index is 1040. The second-order valence-electron chi connectivity index (χ2n) is 7.35. The summed E-state index contributed by atoms with van der Waals surface area (Å²) in [6.45, 7) is 6.50. The van der Waals surface area contributed by atoms with Gasteiger partial charge in [0.1, 0.15) is 6.04 Å². The molecule has 31 heavy (non-hydrogen) atoms. The van der Waals surface area contributed by atoms with Crippen LogP contribution in [0.1, 0.15) is 13.8 Å². The third-order valence-corrected chi connectivity index (χ3v) is 6.59. The number of piperazine rings is 1. The molecule has 2 aromatic rings. The number of carboxylic acid groups (broad SMARTS) is 1. The van der Waals surface area contributed by atoms with Crippen molar-refractivity contribution in [1.29, 1.82) is 0 Å². The third-order valence-electron chi connectivity index (χ3n) is 4.76. The largest absolute Gasteiger partial charge is 0.480 e. The number of urea groups is 1. The number of nitrogens with one attached hydrogen (secondary N) is 2. The first kappa shape index (κ1) is 24.9. The van der Waals surface area contributed by atoms with Crippen LogP contribution in [0, 0.1) is 5.92 Å². The molecule has 0 unspecified atom stereocenters. The second kappa shape index (κ2) is 10.8. The normalized spacial score (nSPS) is 15.3. The number of benzene rings is 2. The van der Waals surface area contributed by atoms with Crippen LogP contribution in [0.3, 0.4) is 0 Å². The monoisotopic (exact) mass is 470 g/mol. The van der Waals surface area contributed by atoms with Crippen LogP contribution in [0.25, 0.3) is 10.8 Å². The van der Waals surface area contributed by atoms with Crippen LogP contribution in [-0.4, -0.2) is 62.6 Å². The molecule has 11 heteroatoms. The standard InChI is InChI=1S/C15H16ClNO4S.C5H11N3O/c1-9(2)14(15(18)19)17-22(20,21)13-8-4-5-10-11(13)6-3-7-12(10)16;6-5(9)8-3-1-7-2-4-8/h3-9,14,17H,1-2H3,(H,18,19);7H,1-4H2,(H2,6,9)/t14-;/m0./s1. The number of primary amides is 1. The Balaban J connectivity index is 0.000000316. The second-order valence-corrected chi connectivity index (χ2v) is 9.44. The minimum atomic E-state index is -3.98. The number of fused-ring (bicyclic) bond motifs is 1. The number of aliphatic carboxylic acids is 1. The van der Waals surface area contributed by atoms with Gasteiger partial charge in [0.05, 0.1) is 4.90 Å². The first-order valence-electron chi connectivity index (χ1n) is 9.72. The summed E-state index contributed by atoms with van der Waals surface area (Å²) < 4.78 is 27.4. The Morgan fingerprint density at radius 2 is 1.71 bits per heavy atom. The molecule has 170 valence electrons. The summed E-state index contributed by atoms with van der Waals surface area (Å²) in [5.74, 6) is -1.59. The van der Waals surface area contributed by atoms with Crippen molar-refractivity contribution in [3.8, 4) is 0 Å². The summed E-state index contributed by atoms with van der Waals surface area (Å²) in [5.41, 5.74) is 5.03. The first-order chi connectivity index (χ1) is 14.5. The van der Waals surface area contributed by atoms with Gasteiger partial charge in [0.25, 0.3) is 0 Å². The van der Waals surface area contributed by atoms with Crippen molar-refractivity contribution < 1.29 is 23.1 Å². The summed E-state index contributed by atoms with van der Waals surface area (Å²) >= 11 is 6.08. The Hall–Kier alpha value is -2.40. The van der Waals surface area contributed by atoms with E-state index in [0.717, 1.165) is 26.2 Å². The Morgan fingerprint density at radius 1 is 1.13 bits per heavy atom. The van der Waals surface area contributed by atoms with E-state index >= 15 is 0 Å². The number of nitrogens with zero attached hydrogens (tertiary/aromatic N) is 1. The number of carbonyl (C=O) groups excluding carboxylic acids is 1. The van der Waals surface area contributed by atoms with Crippen LogP contribution < -0.4 is 15.8 Å². The fraction of sp³-hybridized carbons (Fsp3) is 0.400. The number of hydrogen-bond donors (Lipinski definition) is 4. The molecule has 0 spiro atoms. The van der Waals surface area contributed by atoms with E-state index in [-0.39, 0.29) is 16.8 Å². The van der Waals surface area contributed by atoms with Crippen molar-refractivity contribution in [2.45, 2.75) is 24.8 Å². The summed E-state index contributed by atoms with van der Waals surface area (Å²) in [4.78, 5) is 23.3. The summed E-state index contributed by atoms with van der Waals surface area (Å²) in [5, 5.41) is 13.8. The highest BCUT2D eigenvalue weighted by atomic mass is 35.5. The van der Waals surface area contributed by atoms with Crippen molar-refractivity contribution >= 4 is 44.4 Å². The molecular formula is C20H27ClN4O5S. The average Bonchev–Trinajstić information content (AvgIpc) is 2.72. The molecule has 1 fully saturated rings. The fourth-order valence-electron chi connectivity index (χ4n) is 3.06. The lowest BCUT2D eigenvalue weighted by atomic mass is 10.1. The van der Waals surface area contributed by atoms with E-state index in [1.54, 1.807) is 49.1 Å². The summed E-state index contributed by atoms with van der Waals surface area (Å²) in [7, 11) is -3.98. The third kappa shape index (κ3) is 6.54. The van der Waals surface area contributed by atoms with Crippen LogP contribution in [0.2, 0.25) is 5.02 Å². The molecule has 1 atom stereocenters. The van der Waals surface area contributed by atoms with E-state index in [9.17, 15) is 18.0 Å². The molecule has 0 aliphatic carbocycles. The molecule has 5 N–H and O–H groups in total. The molecular weight excluding hydrogens is 444 g/mol. The number of rotatable bonds is 5. The lowest BCUT2D eigenvalue weighted by Gasteiger charge is -2.25. The molecule has 0 bridgehead atoms. The van der Waals surface area contributed by atoms with E-state index in [0.29, 0.717) is 15.8 Å². The Labute approximate surface area is 186 Å². The van der Waals surface area contributed by atoms with Crippen LogP contribution in [0.15, 0.2) is 41.3 Å². The van der Waals surface area contributed by atoms with Gasteiger partial charge < -0.3 is 21.1 Å². The maximum atomic E-state index is 12.6. The minimum Gasteiger partial charge on any atom is -0.480 e. The number of carbonyl (C=O) groups is 2. The number of halogens is 1. The van der Waals surface area contributed by atoms with Gasteiger partial charge in [-0.15, -0.1) is 0 Å². The molecule has 9 nitrogen and oxygen atoms in total. The minimum absolute atomic E-state index is 0.0133. The first-order valence-corrected chi connectivity index (χ1v) is 11.6. The lowest BCUT2D eigenvalue weighted by Crippen LogP contribution is -2.48. The van der Waals surface area contributed by atoms with Gasteiger partial charge in [-0.25, -0.2) is 13.2 Å². The quantitative estimate of drug-likeness (QED) is 0.525. The topological polar surface area (TPSA) is 142 Å². The van der Waals surface area contributed by atoms with Crippen LogP contribution in [-0.2, 0) is 14.8 Å². The van der Waals surface area contributed by atoms with Crippen LogP contribution >= 0.6 is 11.6 Å². The van der Waals surface area contributed by atoms with Crippen LogP contribution in [0.5, 0.6) is 0 Å². The Kier molecular flexibility index (Phi) is 8.63. The molecule has 1 aliphatic rings. The van der Waals surface area contributed by atoms with E-state index < -0.39 is 22.0 Å². The predicted molar refractivity (Wildman–Crippen MR) is 120 cm³/mol. The average molecular weight is 471 g/mol. The highest BCUT2D eigenvalue weighted by Crippen LogP contribution is 2.28. The fourth-order valence-corrected chi connectivity index (χ4v) is 4.86. The number of hydrogen-bond acceptors (Lipinski definition) is 5. The maximum absolute atomic E-state index is 12.6. The molecule has 2 aromatic carbocycles. The van der Waals surface area contributed by atoms with Gasteiger partial charge >= 0.3 is 12.0 Å². The van der Waals surface area contributed by atoms with Gasteiger partial charge in [-0.05, 0) is 18.1 Å². The molecule has 1 heterocycles. The van der Waals surface area contributed by atoms with Crippen molar-refractivity contribution in [2.24, 2.45) is 11.7 Å². The molecule has 0 saturated carbocycles. The van der Waals surface area contributed by atoms with Gasteiger partial charge in [-0.1, -0.05) is 49.7 Å². The van der Waals surface area contributed by atoms with Gasteiger partial charge in [0, 0.05) is 42.0 Å². The zero-order chi connectivity index (χ0) is 23.2. The zero-order valence-corrected chi connectivity index (χ0v) is 18.9. The zero-order valence-electron chi connectivity index (χ0n) is 17.3. The molecule has 3 rings (SSSR count). The molecule has 0 aromatic heterocycles. The predicted octanol–water partition coefficient (Wildman–Crippen LogP) is 1.85. The number of sulfonamides is 1. The molecule has 2 amide bonds. The highest BCUT2D eigenvalue weighted by molar-refractivity contribution is 7.89. The van der Waals surface area contributed by atoms with Crippen molar-refractivity contribution in [1.82, 2.24) is 14.9 Å². The Morgan fingerprint density at radius 3 is 2.23 bits per heavy atom. The van der Waals surface area contributed by atoms with Gasteiger partial charge in [0.15, 0.2) is 0 Å². The van der Waals surface area contributed by atoms with Crippen molar-refractivity contribution in [3.05, 3.63) is 41.4 Å². The van der Waals surface area contributed by atoms with E-state index in [1.807, 2.05) is 0 Å². The molecule has 1 aliphatic heterocycles. The lowest BCUT2D eigenvalue weighted by molar-refractivity contribution is -0.140. The molecule has 0 radical (unpaired) electrons. The van der Waals surface area contributed by atoms with Crippen LogP contribution in [0.4, 0.5) is 4.79 Å². The number of carboxylic acids is 1. The van der Waals surface area contributed by atoms with E-state index in [4.69, 9.17) is 22.4 Å². The van der Waals surface area contributed by atoms with E-state index in [1.165, 1.54) is 6.07 Å². The smallest absolute Gasteiger partial charge is 0.322 e. The number of nitrogens with two attached hydrogens (primary N) is 1. The summed E-state index contributed by atoms with van der Waals surface area (Å²) in [6, 6.07) is 8.18. The van der Waals surface area contributed by atoms with Crippen molar-refractivity contribution in [3.63, 3.8) is 0 Å². The maximum Gasteiger partial charge on any atom is 0.322 e. The van der Waals surface area contributed by atoms with Crippen molar-refractivity contribution in [2.75, 3.05) is 26.2 Å². The SMILES string of the molecule is CC(C)[C@H](NS(=O)(=O)c1cccc2c(Cl)cccc12)C(=O)O.NC(=O)N1CCNCC1. The van der Waals surface area contributed by atoms with Gasteiger partial charge in [0.2, 0.25) is 10.0 Å².